The third-order valence-corrected chi connectivity index (χ3v) is 11.8. The number of carbonyl (C=O) groups is 2. The average Bonchev–Trinajstić information content (AvgIpc) is 3.11. The monoisotopic (exact) mass is 511 g/mol. The molecule has 4 unspecified atom stereocenters. The largest absolute Gasteiger partial charge is 0.393 e. The maximum absolute atomic E-state index is 13.5. The quantitative estimate of drug-likeness (QED) is 0.447. The third-order valence-electron chi connectivity index (χ3n) is 11.0. The van der Waals surface area contributed by atoms with Crippen molar-refractivity contribution in [3.05, 3.63) is 0 Å². The zero-order valence-corrected chi connectivity index (χ0v) is 22.6. The van der Waals surface area contributed by atoms with Crippen LogP contribution in [-0.4, -0.2) is 48.2 Å². The van der Waals surface area contributed by atoms with Crippen molar-refractivity contribution in [1.82, 2.24) is 5.32 Å². The van der Waals surface area contributed by atoms with E-state index < -0.39 is 15.9 Å². The highest BCUT2D eigenvalue weighted by molar-refractivity contribution is 7.85. The number of aliphatic hydroxyl groups is 1. The predicted octanol–water partition coefficient (Wildman–Crippen LogP) is 3.85. The molecule has 10 atom stereocenters. The second kappa shape index (κ2) is 9.71. The molecule has 0 aromatic heterocycles. The Morgan fingerprint density at radius 2 is 1.74 bits per heavy atom. The van der Waals surface area contributed by atoms with Crippen molar-refractivity contribution in [1.29, 1.82) is 0 Å². The van der Waals surface area contributed by atoms with E-state index in [2.05, 4.69) is 26.1 Å². The standard InChI is InChI=1S/C27H45NO6S/c1-16(13-17(2)25(31)28-11-12-35(32,33)34)20-5-6-21-24-22(8-10-27(20,21)4)26(3)9-7-19(29)14-18(26)15-23(24)30/h16-22,24,29H,5-15H2,1-4H3,(H,28,31)(H,32,33,34)/t16-,17+,18?,19-,20-,21?,22?,24?,26+,27-/m1/s1. The zero-order valence-electron chi connectivity index (χ0n) is 21.8. The Morgan fingerprint density at radius 3 is 2.43 bits per heavy atom. The van der Waals surface area contributed by atoms with E-state index >= 15 is 0 Å². The van der Waals surface area contributed by atoms with E-state index in [1.54, 1.807) is 0 Å². The molecule has 4 rings (SSSR count). The molecule has 3 N–H and O–H groups in total. The molecule has 0 radical (unpaired) electrons. The van der Waals surface area contributed by atoms with Gasteiger partial charge in [-0.2, -0.15) is 8.42 Å². The predicted molar refractivity (Wildman–Crippen MR) is 134 cm³/mol. The summed E-state index contributed by atoms with van der Waals surface area (Å²) in [5.41, 5.74) is 0.270. The fourth-order valence-corrected chi connectivity index (χ4v) is 9.55. The molecule has 8 heteroatoms. The SMILES string of the molecule is C[C@H](C[C@H](C)C(=O)NCCS(=O)(=O)O)[C@H]1CCC2C3C(=O)CC4C[C@H](O)CC[C@]4(C)C3CC[C@@]21C. The minimum Gasteiger partial charge on any atom is -0.393 e. The van der Waals surface area contributed by atoms with Gasteiger partial charge in [-0.05, 0) is 91.8 Å². The number of Topliss-reactive ketones (excluding diaryl/α,β-unsaturated/α-hetero) is 1. The Kier molecular flexibility index (Phi) is 7.51. The first-order chi connectivity index (χ1) is 16.3. The first-order valence-corrected chi connectivity index (χ1v) is 15.3. The van der Waals surface area contributed by atoms with Gasteiger partial charge in [0.15, 0.2) is 0 Å². The summed E-state index contributed by atoms with van der Waals surface area (Å²) in [6.45, 7) is 8.82. The minimum atomic E-state index is -4.09. The van der Waals surface area contributed by atoms with Gasteiger partial charge >= 0.3 is 0 Å². The number of ketones is 1. The summed E-state index contributed by atoms with van der Waals surface area (Å²) < 4.78 is 30.7. The van der Waals surface area contributed by atoms with Crippen LogP contribution in [0.15, 0.2) is 0 Å². The van der Waals surface area contributed by atoms with Gasteiger partial charge in [0.1, 0.15) is 5.78 Å². The van der Waals surface area contributed by atoms with Gasteiger partial charge in [-0.3, -0.25) is 14.1 Å². The lowest BCUT2D eigenvalue weighted by atomic mass is 9.44. The van der Waals surface area contributed by atoms with E-state index in [0.717, 1.165) is 51.4 Å². The van der Waals surface area contributed by atoms with Crippen LogP contribution in [0.2, 0.25) is 0 Å². The molecule has 4 aliphatic rings. The Balaban J connectivity index is 1.42. The van der Waals surface area contributed by atoms with Crippen molar-refractivity contribution in [2.75, 3.05) is 12.3 Å². The summed E-state index contributed by atoms with van der Waals surface area (Å²) in [7, 11) is -4.09. The van der Waals surface area contributed by atoms with Crippen LogP contribution in [-0.2, 0) is 19.7 Å². The Bertz CT molecular complexity index is 936. The molecule has 7 nitrogen and oxygen atoms in total. The fraction of sp³-hybridized carbons (Fsp3) is 0.926. The van der Waals surface area contributed by atoms with E-state index in [4.69, 9.17) is 4.55 Å². The van der Waals surface area contributed by atoms with Crippen molar-refractivity contribution in [3.8, 4) is 0 Å². The van der Waals surface area contributed by atoms with Crippen molar-refractivity contribution in [2.45, 2.75) is 91.6 Å². The zero-order chi connectivity index (χ0) is 25.8. The number of hydrogen-bond acceptors (Lipinski definition) is 5. The normalized spacial score (nSPS) is 43.0. The maximum atomic E-state index is 13.5. The van der Waals surface area contributed by atoms with Crippen LogP contribution in [0, 0.1) is 52.3 Å². The molecule has 35 heavy (non-hydrogen) atoms. The maximum Gasteiger partial charge on any atom is 0.266 e. The smallest absolute Gasteiger partial charge is 0.266 e. The number of fused-ring (bicyclic) bond motifs is 5. The van der Waals surface area contributed by atoms with Gasteiger partial charge in [0.25, 0.3) is 10.1 Å². The lowest BCUT2D eigenvalue weighted by Gasteiger charge is -2.60. The topological polar surface area (TPSA) is 121 Å². The summed E-state index contributed by atoms with van der Waals surface area (Å²) in [6.07, 6.45) is 8.14. The Hall–Kier alpha value is -0.990. The van der Waals surface area contributed by atoms with Gasteiger partial charge in [-0.25, -0.2) is 0 Å². The molecule has 0 bridgehead atoms. The molecular weight excluding hydrogens is 466 g/mol. The van der Waals surface area contributed by atoms with Crippen molar-refractivity contribution >= 4 is 21.8 Å². The Morgan fingerprint density at radius 1 is 1.09 bits per heavy atom. The molecule has 0 heterocycles. The van der Waals surface area contributed by atoms with E-state index in [1.807, 2.05) is 6.92 Å². The summed E-state index contributed by atoms with van der Waals surface area (Å²) >= 11 is 0. The number of aliphatic hydroxyl groups excluding tert-OH is 1. The number of rotatable bonds is 7. The van der Waals surface area contributed by atoms with E-state index in [1.165, 1.54) is 0 Å². The highest BCUT2D eigenvalue weighted by Gasteiger charge is 2.63. The van der Waals surface area contributed by atoms with Gasteiger partial charge in [0.2, 0.25) is 5.91 Å². The lowest BCUT2D eigenvalue weighted by molar-refractivity contribution is -0.160. The molecule has 200 valence electrons. The van der Waals surface area contributed by atoms with Gasteiger partial charge in [0.05, 0.1) is 11.9 Å². The number of hydrogen-bond donors (Lipinski definition) is 3. The summed E-state index contributed by atoms with van der Waals surface area (Å²) in [5, 5.41) is 12.9. The molecule has 4 saturated carbocycles. The highest BCUT2D eigenvalue weighted by Crippen LogP contribution is 2.67. The molecule has 4 aliphatic carbocycles. The van der Waals surface area contributed by atoms with Crippen LogP contribution in [0.3, 0.4) is 0 Å². The Labute approximate surface area is 211 Å². The first kappa shape index (κ1) is 27.1. The summed E-state index contributed by atoms with van der Waals surface area (Å²) in [5.74, 6) is 1.64. The van der Waals surface area contributed by atoms with E-state index in [0.29, 0.717) is 41.8 Å². The molecule has 1 amide bonds. The molecule has 0 aromatic carbocycles. The minimum absolute atomic E-state index is 0.0818. The number of amides is 1. The van der Waals surface area contributed by atoms with Crippen LogP contribution in [0.25, 0.3) is 0 Å². The molecule has 0 aliphatic heterocycles. The molecule has 4 fully saturated rings. The second-order valence-electron chi connectivity index (χ2n) is 13.0. The van der Waals surface area contributed by atoms with Crippen LogP contribution in [0.5, 0.6) is 0 Å². The first-order valence-electron chi connectivity index (χ1n) is 13.7. The van der Waals surface area contributed by atoms with Crippen molar-refractivity contribution in [2.24, 2.45) is 52.3 Å². The van der Waals surface area contributed by atoms with Gasteiger partial charge < -0.3 is 10.4 Å². The molecule has 0 aromatic rings. The third kappa shape index (κ3) is 5.08. The van der Waals surface area contributed by atoms with Crippen LogP contribution in [0.4, 0.5) is 0 Å². The van der Waals surface area contributed by atoms with Crippen molar-refractivity contribution < 1.29 is 27.7 Å². The number of carbonyl (C=O) groups excluding carboxylic acids is 2. The summed E-state index contributed by atoms with van der Waals surface area (Å²) in [4.78, 5) is 26.1. The van der Waals surface area contributed by atoms with Crippen molar-refractivity contribution in [3.63, 3.8) is 0 Å². The van der Waals surface area contributed by atoms with Crippen LogP contribution in [0.1, 0.15) is 85.5 Å². The molecule has 0 spiro atoms. The highest BCUT2D eigenvalue weighted by atomic mass is 32.2. The summed E-state index contributed by atoms with van der Waals surface area (Å²) in [6, 6.07) is 0. The van der Waals surface area contributed by atoms with E-state index in [-0.39, 0.29) is 41.2 Å². The van der Waals surface area contributed by atoms with Gasteiger partial charge in [-0.1, -0.05) is 27.7 Å². The van der Waals surface area contributed by atoms with Gasteiger partial charge in [-0.15, -0.1) is 0 Å². The van der Waals surface area contributed by atoms with Crippen LogP contribution < -0.4 is 5.32 Å². The van der Waals surface area contributed by atoms with Gasteiger partial charge in [0, 0.05) is 24.8 Å². The molecule has 0 saturated heterocycles. The van der Waals surface area contributed by atoms with Crippen LogP contribution >= 0.6 is 0 Å². The van der Waals surface area contributed by atoms with E-state index in [9.17, 15) is 23.1 Å². The second-order valence-corrected chi connectivity index (χ2v) is 14.5. The average molecular weight is 512 g/mol. The molecular formula is C27H45NO6S. The number of nitrogens with one attached hydrogen (secondary N) is 1. The lowest BCUT2D eigenvalue weighted by Crippen LogP contribution is -2.57. The fourth-order valence-electron chi connectivity index (χ4n) is 9.19.